The van der Waals surface area contributed by atoms with E-state index in [9.17, 15) is 8.42 Å². The van der Waals surface area contributed by atoms with Crippen molar-refractivity contribution in [3.8, 4) is 0 Å². The quantitative estimate of drug-likeness (QED) is 0.931. The molecule has 0 amide bonds. The molecule has 0 saturated heterocycles. The van der Waals surface area contributed by atoms with E-state index in [1.54, 1.807) is 18.7 Å². The number of halogens is 1. The third-order valence-corrected chi connectivity index (χ3v) is 5.47. The molecule has 0 saturated carbocycles. The molecule has 1 aromatic carbocycles. The van der Waals surface area contributed by atoms with E-state index < -0.39 is 10.0 Å². The van der Waals surface area contributed by atoms with Crippen LogP contribution in [0.3, 0.4) is 0 Å². The highest BCUT2D eigenvalue weighted by molar-refractivity contribution is 7.99. The smallest absolute Gasteiger partial charge is 0.211 e. The minimum Gasteiger partial charge on any atom is -0.212 e. The fourth-order valence-electron chi connectivity index (χ4n) is 1.79. The van der Waals surface area contributed by atoms with E-state index >= 15 is 0 Å². The highest BCUT2D eigenvalue weighted by Crippen LogP contribution is 2.37. The van der Waals surface area contributed by atoms with Gasteiger partial charge in [0.05, 0.1) is 5.75 Å². The summed E-state index contributed by atoms with van der Waals surface area (Å²) in [7, 11) is -3.18. The number of hydrogen-bond donors (Lipinski definition) is 1. The monoisotopic (exact) mass is 291 g/mol. The molecule has 1 heterocycles. The highest BCUT2D eigenvalue weighted by Gasteiger charge is 2.24. The predicted molar refractivity (Wildman–Crippen MR) is 72.1 cm³/mol. The lowest BCUT2D eigenvalue weighted by Gasteiger charge is -2.25. The van der Waals surface area contributed by atoms with Crippen LogP contribution in [0.2, 0.25) is 5.02 Å². The second kappa shape index (κ2) is 5.18. The van der Waals surface area contributed by atoms with E-state index in [4.69, 9.17) is 11.6 Å². The summed E-state index contributed by atoms with van der Waals surface area (Å²) in [4.78, 5) is 1.12. The van der Waals surface area contributed by atoms with Gasteiger partial charge in [-0.1, -0.05) is 11.6 Å². The average Bonchev–Trinajstić information content (AvgIpc) is 2.30. The molecule has 1 aliphatic heterocycles. The summed E-state index contributed by atoms with van der Waals surface area (Å²) in [5.74, 6) is 1.03. The van der Waals surface area contributed by atoms with Gasteiger partial charge in [-0.05, 0) is 42.9 Å². The minimum atomic E-state index is -3.18. The second-order valence-electron chi connectivity index (χ2n) is 3.89. The van der Waals surface area contributed by atoms with Gasteiger partial charge in [-0.2, -0.15) is 0 Å². The summed E-state index contributed by atoms with van der Waals surface area (Å²) >= 11 is 7.70. The topological polar surface area (TPSA) is 46.2 Å². The summed E-state index contributed by atoms with van der Waals surface area (Å²) in [6.45, 7) is 1.64. The third-order valence-electron chi connectivity index (χ3n) is 2.71. The number of sulfonamides is 1. The summed E-state index contributed by atoms with van der Waals surface area (Å²) < 4.78 is 26.0. The van der Waals surface area contributed by atoms with Gasteiger partial charge in [-0.3, -0.25) is 0 Å². The molecule has 0 spiro atoms. The van der Waals surface area contributed by atoms with Crippen molar-refractivity contribution in [3.05, 3.63) is 28.8 Å². The van der Waals surface area contributed by atoms with E-state index in [1.807, 2.05) is 18.2 Å². The molecule has 0 aliphatic carbocycles. The van der Waals surface area contributed by atoms with Gasteiger partial charge in [0.15, 0.2) is 0 Å². The van der Waals surface area contributed by atoms with E-state index in [-0.39, 0.29) is 11.8 Å². The van der Waals surface area contributed by atoms with Gasteiger partial charge >= 0.3 is 0 Å². The molecule has 0 fully saturated rings. The zero-order valence-corrected chi connectivity index (χ0v) is 11.8. The number of fused-ring (bicyclic) bond motifs is 1. The van der Waals surface area contributed by atoms with Crippen molar-refractivity contribution >= 4 is 33.4 Å². The van der Waals surface area contributed by atoms with Crippen LogP contribution >= 0.6 is 23.4 Å². The zero-order chi connectivity index (χ0) is 12.5. The van der Waals surface area contributed by atoms with Crippen LogP contribution in [-0.4, -0.2) is 19.9 Å². The highest BCUT2D eigenvalue weighted by atomic mass is 35.5. The van der Waals surface area contributed by atoms with Crippen LogP contribution in [0.5, 0.6) is 0 Å². The number of benzene rings is 1. The molecule has 0 bridgehead atoms. The molecule has 1 unspecified atom stereocenters. The van der Waals surface area contributed by atoms with E-state index in [0.29, 0.717) is 5.02 Å². The van der Waals surface area contributed by atoms with Crippen molar-refractivity contribution in [2.45, 2.75) is 24.3 Å². The number of thioether (sulfide) groups is 1. The van der Waals surface area contributed by atoms with Crippen LogP contribution in [0, 0.1) is 0 Å². The fourth-order valence-corrected chi connectivity index (χ4v) is 3.92. The van der Waals surface area contributed by atoms with Gasteiger partial charge in [0, 0.05) is 16.0 Å². The third kappa shape index (κ3) is 3.16. The van der Waals surface area contributed by atoms with E-state index in [1.165, 1.54) is 0 Å². The Morgan fingerprint density at radius 1 is 1.53 bits per heavy atom. The Labute approximate surface area is 111 Å². The molecule has 2 rings (SSSR count). The van der Waals surface area contributed by atoms with Crippen molar-refractivity contribution in [1.29, 1.82) is 0 Å². The Balaban J connectivity index is 2.31. The SMILES string of the molecule is CCS(=O)(=O)NC1CCSc2ccc(Cl)cc21. The first kappa shape index (κ1) is 13.2. The predicted octanol–water partition coefficient (Wildman–Crippen LogP) is 2.82. The van der Waals surface area contributed by atoms with Crippen molar-refractivity contribution in [1.82, 2.24) is 4.72 Å². The second-order valence-corrected chi connectivity index (χ2v) is 7.51. The van der Waals surface area contributed by atoms with Gasteiger partial charge in [0.25, 0.3) is 0 Å². The molecule has 1 N–H and O–H groups in total. The summed E-state index contributed by atoms with van der Waals surface area (Å²) in [5.41, 5.74) is 0.991. The first-order valence-corrected chi connectivity index (χ1v) is 8.45. The first-order valence-electron chi connectivity index (χ1n) is 5.44. The van der Waals surface area contributed by atoms with Crippen LogP contribution in [0.15, 0.2) is 23.1 Å². The molecule has 3 nitrogen and oxygen atoms in total. The summed E-state index contributed by atoms with van der Waals surface area (Å²) in [6, 6.07) is 5.50. The van der Waals surface area contributed by atoms with Crippen molar-refractivity contribution < 1.29 is 8.42 Å². The van der Waals surface area contributed by atoms with Crippen molar-refractivity contribution in [2.24, 2.45) is 0 Å². The average molecular weight is 292 g/mol. The van der Waals surface area contributed by atoms with Crippen LogP contribution in [0.4, 0.5) is 0 Å². The van der Waals surface area contributed by atoms with Gasteiger partial charge in [-0.25, -0.2) is 13.1 Å². The normalized spacial score (nSPS) is 20.0. The molecule has 17 heavy (non-hydrogen) atoms. The molecule has 94 valence electrons. The van der Waals surface area contributed by atoms with Gasteiger partial charge in [0.2, 0.25) is 10.0 Å². The first-order chi connectivity index (χ1) is 8.02. The lowest BCUT2D eigenvalue weighted by atomic mass is 10.1. The zero-order valence-electron chi connectivity index (χ0n) is 9.44. The van der Waals surface area contributed by atoms with Crippen LogP contribution < -0.4 is 4.72 Å². The Morgan fingerprint density at radius 2 is 2.29 bits per heavy atom. The fraction of sp³-hybridized carbons (Fsp3) is 0.455. The standard InChI is InChI=1S/C11H14ClNO2S2/c1-2-17(14,15)13-10-5-6-16-11-4-3-8(12)7-9(10)11/h3-4,7,10,13H,2,5-6H2,1H3. The van der Waals surface area contributed by atoms with Gasteiger partial charge in [-0.15, -0.1) is 11.8 Å². The molecule has 0 aromatic heterocycles. The molecule has 1 aromatic rings. The number of rotatable bonds is 3. The van der Waals surface area contributed by atoms with E-state index in [0.717, 1.165) is 22.6 Å². The van der Waals surface area contributed by atoms with Crippen LogP contribution in [0.1, 0.15) is 24.9 Å². The van der Waals surface area contributed by atoms with Gasteiger partial charge in [0.1, 0.15) is 0 Å². The Hall–Kier alpha value is -0.230. The maximum Gasteiger partial charge on any atom is 0.211 e. The number of hydrogen-bond acceptors (Lipinski definition) is 3. The molecule has 6 heteroatoms. The summed E-state index contributed by atoms with van der Waals surface area (Å²) in [6.07, 6.45) is 0.803. The molecule has 1 atom stereocenters. The molecule has 1 aliphatic rings. The van der Waals surface area contributed by atoms with Crippen molar-refractivity contribution in [2.75, 3.05) is 11.5 Å². The van der Waals surface area contributed by atoms with Gasteiger partial charge < -0.3 is 0 Å². The maximum atomic E-state index is 11.6. The van der Waals surface area contributed by atoms with Crippen LogP contribution in [0.25, 0.3) is 0 Å². The van der Waals surface area contributed by atoms with Crippen LogP contribution in [-0.2, 0) is 10.0 Å². The lowest BCUT2D eigenvalue weighted by molar-refractivity contribution is 0.547. The molecule has 0 radical (unpaired) electrons. The number of nitrogens with one attached hydrogen (secondary N) is 1. The Kier molecular flexibility index (Phi) is 4.02. The minimum absolute atomic E-state index is 0.104. The van der Waals surface area contributed by atoms with E-state index in [2.05, 4.69) is 4.72 Å². The molecular weight excluding hydrogens is 278 g/mol. The molecular formula is C11H14ClNO2S2. The Morgan fingerprint density at radius 3 is 3.00 bits per heavy atom. The summed E-state index contributed by atoms with van der Waals surface area (Å²) in [5, 5.41) is 0.645. The Bertz CT molecular complexity index is 516. The largest absolute Gasteiger partial charge is 0.212 e. The maximum absolute atomic E-state index is 11.6. The lowest BCUT2D eigenvalue weighted by Crippen LogP contribution is -2.31. The van der Waals surface area contributed by atoms with Crippen molar-refractivity contribution in [3.63, 3.8) is 0 Å².